The molecule has 38 heavy (non-hydrogen) atoms. The van der Waals surface area contributed by atoms with Crippen LogP contribution in [0.5, 0.6) is 5.75 Å². The maximum Gasteiger partial charge on any atom is 0.149 e. The van der Waals surface area contributed by atoms with E-state index in [0.717, 1.165) is 42.9 Å². The molecule has 0 unspecified atom stereocenters. The number of hydrogen-bond donors (Lipinski definition) is 1. The fourth-order valence-electron chi connectivity index (χ4n) is 5.41. The Morgan fingerprint density at radius 3 is 2.53 bits per heavy atom. The predicted octanol–water partition coefficient (Wildman–Crippen LogP) is 5.08. The zero-order chi connectivity index (χ0) is 26.6. The van der Waals surface area contributed by atoms with Gasteiger partial charge in [-0.15, -0.1) is 0 Å². The number of hydrogen-bond acceptors (Lipinski definition) is 6. The molecule has 0 saturated carbocycles. The van der Waals surface area contributed by atoms with E-state index in [4.69, 9.17) is 15.2 Å². The molecular weight excluding hydrogens is 493 g/mol. The molecule has 202 valence electrons. The van der Waals surface area contributed by atoms with E-state index >= 15 is 8.78 Å². The van der Waals surface area contributed by atoms with Gasteiger partial charge >= 0.3 is 0 Å². The SMILES string of the molecule is C[C@@H]1C[C@H](N)CN(c2ccncc2CCc2ccc(F)c(-c3c(F)cc(OC4CCOCC4)cc3F)n2)C1. The van der Waals surface area contributed by atoms with E-state index in [0.29, 0.717) is 50.5 Å². The number of aryl methyl sites for hydroxylation is 2. The first-order chi connectivity index (χ1) is 18.4. The summed E-state index contributed by atoms with van der Waals surface area (Å²) >= 11 is 0. The van der Waals surface area contributed by atoms with Gasteiger partial charge in [0.15, 0.2) is 0 Å². The maximum atomic E-state index is 15.1. The summed E-state index contributed by atoms with van der Waals surface area (Å²) in [6, 6.07) is 7.03. The highest BCUT2D eigenvalue weighted by atomic mass is 19.1. The summed E-state index contributed by atoms with van der Waals surface area (Å²) in [7, 11) is 0. The van der Waals surface area contributed by atoms with Gasteiger partial charge < -0.3 is 20.1 Å². The van der Waals surface area contributed by atoms with E-state index in [9.17, 15) is 4.39 Å². The van der Waals surface area contributed by atoms with Crippen LogP contribution in [-0.4, -0.2) is 48.4 Å². The van der Waals surface area contributed by atoms with E-state index in [1.54, 1.807) is 12.3 Å². The van der Waals surface area contributed by atoms with Crippen LogP contribution >= 0.6 is 0 Å². The van der Waals surface area contributed by atoms with Crippen molar-refractivity contribution in [3.05, 3.63) is 71.4 Å². The molecule has 6 nitrogen and oxygen atoms in total. The van der Waals surface area contributed by atoms with Gasteiger partial charge in [-0.05, 0) is 48.9 Å². The second kappa shape index (κ2) is 11.7. The van der Waals surface area contributed by atoms with Crippen molar-refractivity contribution in [2.24, 2.45) is 11.7 Å². The second-order valence-electron chi connectivity index (χ2n) is 10.3. The molecule has 5 rings (SSSR count). The molecule has 2 aliphatic rings. The first-order valence-electron chi connectivity index (χ1n) is 13.2. The topological polar surface area (TPSA) is 73.5 Å². The molecule has 0 spiro atoms. The van der Waals surface area contributed by atoms with E-state index in [1.807, 2.05) is 12.3 Å². The number of nitrogens with zero attached hydrogens (tertiary/aromatic N) is 3. The highest BCUT2D eigenvalue weighted by Gasteiger charge is 2.25. The Morgan fingerprint density at radius 2 is 1.79 bits per heavy atom. The van der Waals surface area contributed by atoms with Gasteiger partial charge in [-0.3, -0.25) is 4.98 Å². The van der Waals surface area contributed by atoms with Crippen LogP contribution in [0.2, 0.25) is 0 Å². The Balaban J connectivity index is 1.34. The fraction of sp³-hybridized carbons (Fsp3) is 0.448. The van der Waals surface area contributed by atoms with Crippen LogP contribution in [0.3, 0.4) is 0 Å². The molecule has 2 N–H and O–H groups in total. The number of nitrogens with two attached hydrogens (primary N) is 1. The van der Waals surface area contributed by atoms with Gasteiger partial charge in [0.25, 0.3) is 0 Å². The van der Waals surface area contributed by atoms with Crippen LogP contribution in [0.25, 0.3) is 11.3 Å². The molecular formula is C29H33F3N4O2. The molecule has 2 fully saturated rings. The zero-order valence-electron chi connectivity index (χ0n) is 21.5. The van der Waals surface area contributed by atoms with Crippen LogP contribution in [0.4, 0.5) is 18.9 Å². The van der Waals surface area contributed by atoms with E-state index < -0.39 is 23.0 Å². The van der Waals surface area contributed by atoms with Crippen molar-refractivity contribution in [1.29, 1.82) is 0 Å². The largest absolute Gasteiger partial charge is 0.490 e. The summed E-state index contributed by atoms with van der Waals surface area (Å²) in [4.78, 5) is 10.9. The molecule has 2 aliphatic heterocycles. The zero-order valence-corrected chi connectivity index (χ0v) is 21.5. The molecule has 0 amide bonds. The number of halogens is 3. The van der Waals surface area contributed by atoms with Crippen LogP contribution in [0.1, 0.15) is 37.4 Å². The van der Waals surface area contributed by atoms with Crippen molar-refractivity contribution >= 4 is 5.69 Å². The predicted molar refractivity (Wildman–Crippen MR) is 140 cm³/mol. The number of aromatic nitrogens is 2. The van der Waals surface area contributed by atoms with E-state index in [-0.39, 0.29) is 23.6 Å². The van der Waals surface area contributed by atoms with Crippen molar-refractivity contribution in [1.82, 2.24) is 9.97 Å². The monoisotopic (exact) mass is 526 g/mol. The highest BCUT2D eigenvalue weighted by Crippen LogP contribution is 2.32. The van der Waals surface area contributed by atoms with Crippen molar-refractivity contribution in [3.8, 4) is 17.0 Å². The maximum absolute atomic E-state index is 15.1. The van der Waals surface area contributed by atoms with Gasteiger partial charge in [-0.25, -0.2) is 18.2 Å². The summed E-state index contributed by atoms with van der Waals surface area (Å²) in [6.07, 6.45) is 6.74. The Kier molecular flexibility index (Phi) is 8.14. The van der Waals surface area contributed by atoms with Crippen LogP contribution in [-0.2, 0) is 17.6 Å². The van der Waals surface area contributed by atoms with Gasteiger partial charge in [-0.1, -0.05) is 6.92 Å². The molecule has 9 heteroatoms. The molecule has 3 aromatic rings. The molecule has 2 aromatic heterocycles. The van der Waals surface area contributed by atoms with Crippen LogP contribution in [0, 0.1) is 23.4 Å². The third-order valence-corrected chi connectivity index (χ3v) is 7.19. The first-order valence-corrected chi connectivity index (χ1v) is 13.2. The number of anilines is 1. The Morgan fingerprint density at radius 1 is 1.03 bits per heavy atom. The van der Waals surface area contributed by atoms with Gasteiger partial charge in [-0.2, -0.15) is 0 Å². The number of piperidine rings is 1. The minimum absolute atomic E-state index is 0.0723. The van der Waals surface area contributed by atoms with E-state index in [2.05, 4.69) is 21.8 Å². The highest BCUT2D eigenvalue weighted by molar-refractivity contribution is 5.63. The Labute approximate surface area is 221 Å². The average molecular weight is 527 g/mol. The van der Waals surface area contributed by atoms with Gasteiger partial charge in [0.2, 0.25) is 0 Å². The second-order valence-corrected chi connectivity index (χ2v) is 10.3. The van der Waals surface area contributed by atoms with E-state index in [1.165, 1.54) is 6.07 Å². The lowest BCUT2D eigenvalue weighted by molar-refractivity contribution is 0.0253. The summed E-state index contributed by atoms with van der Waals surface area (Å²) in [5, 5.41) is 0. The third-order valence-electron chi connectivity index (χ3n) is 7.19. The van der Waals surface area contributed by atoms with Gasteiger partial charge in [0.1, 0.15) is 35.0 Å². The molecule has 4 heterocycles. The van der Waals surface area contributed by atoms with Crippen molar-refractivity contribution in [2.45, 2.75) is 51.2 Å². The van der Waals surface area contributed by atoms with Gasteiger partial charge in [0, 0.05) is 67.9 Å². The summed E-state index contributed by atoms with van der Waals surface area (Å²) in [6.45, 7) is 4.96. The minimum atomic E-state index is -0.916. The number of ether oxygens (including phenoxy) is 2. The minimum Gasteiger partial charge on any atom is -0.490 e. The summed E-state index contributed by atoms with van der Waals surface area (Å²) in [5.41, 5.74) is 8.03. The molecule has 0 aliphatic carbocycles. The smallest absolute Gasteiger partial charge is 0.149 e. The standard InChI is InChI=1S/C29H33F3N4O2/c1-18-12-20(33)17-36(16-18)27-6-9-34-15-19(27)2-3-21-4-5-24(30)29(35-21)28-25(31)13-23(14-26(28)32)38-22-7-10-37-11-8-22/h4-6,9,13-15,18,20,22H,2-3,7-8,10-12,16-17,33H2,1H3/t18-,20+/m1/s1. The number of pyridine rings is 2. The molecule has 2 saturated heterocycles. The first kappa shape index (κ1) is 26.4. The number of rotatable bonds is 7. The lowest BCUT2D eigenvalue weighted by Gasteiger charge is -2.37. The normalized spacial score (nSPS) is 20.5. The van der Waals surface area contributed by atoms with Crippen LogP contribution in [0.15, 0.2) is 42.7 Å². The molecule has 0 radical (unpaired) electrons. The summed E-state index contributed by atoms with van der Waals surface area (Å²) in [5.74, 6) is -2.06. The molecule has 0 bridgehead atoms. The average Bonchev–Trinajstić information content (AvgIpc) is 2.89. The quantitative estimate of drug-likeness (QED) is 0.463. The Bertz CT molecular complexity index is 1240. The number of benzene rings is 1. The third kappa shape index (κ3) is 6.10. The summed E-state index contributed by atoms with van der Waals surface area (Å²) < 4.78 is 55.9. The van der Waals surface area contributed by atoms with Crippen molar-refractivity contribution < 1.29 is 22.6 Å². The lowest BCUT2D eigenvalue weighted by atomic mass is 9.95. The van der Waals surface area contributed by atoms with Crippen LogP contribution < -0.4 is 15.4 Å². The van der Waals surface area contributed by atoms with Crippen molar-refractivity contribution in [3.63, 3.8) is 0 Å². The Hall–Kier alpha value is -3.17. The lowest BCUT2D eigenvalue weighted by Crippen LogP contribution is -2.46. The van der Waals surface area contributed by atoms with Gasteiger partial charge in [0.05, 0.1) is 18.8 Å². The van der Waals surface area contributed by atoms with Crippen molar-refractivity contribution in [2.75, 3.05) is 31.2 Å². The molecule has 2 atom stereocenters. The fourth-order valence-corrected chi connectivity index (χ4v) is 5.41. The molecule has 1 aromatic carbocycles.